The fraction of sp³-hybridized carbons (Fsp3) is 0.222. The Labute approximate surface area is 150 Å². The molecule has 2 aromatic carbocycles. The first-order valence-electron chi connectivity index (χ1n) is 7.77. The summed E-state index contributed by atoms with van der Waals surface area (Å²) in [5.74, 6) is 2.37. The van der Waals surface area contributed by atoms with Gasteiger partial charge in [0.25, 0.3) is 0 Å². The van der Waals surface area contributed by atoms with Crippen LogP contribution in [0, 0.1) is 0 Å². The molecule has 1 N–H and O–H groups in total. The van der Waals surface area contributed by atoms with Crippen molar-refractivity contribution in [2.45, 2.75) is 18.5 Å². The van der Waals surface area contributed by atoms with Gasteiger partial charge in [-0.05, 0) is 36.2 Å². The molecule has 3 rings (SSSR count). The van der Waals surface area contributed by atoms with Crippen LogP contribution in [0.4, 0.5) is 0 Å². The number of hydrogen-bond acceptors (Lipinski definition) is 4. The van der Waals surface area contributed by atoms with Gasteiger partial charge in [-0.2, -0.15) is 0 Å². The lowest BCUT2D eigenvalue weighted by atomic mass is 10.1. The van der Waals surface area contributed by atoms with E-state index in [2.05, 4.69) is 46.4 Å². The average Bonchev–Trinajstić information content (AvgIpc) is 3.09. The van der Waals surface area contributed by atoms with Gasteiger partial charge in [-0.15, -0.1) is 5.10 Å². The van der Waals surface area contributed by atoms with Crippen LogP contribution in [-0.4, -0.2) is 27.5 Å². The Bertz CT molecular complexity index is 772. The molecule has 0 radical (unpaired) electrons. The molecule has 0 bridgehead atoms. The molecular weight excluding hydrogens is 342 g/mol. The van der Waals surface area contributed by atoms with E-state index < -0.39 is 0 Å². The number of hydrogen-bond donors (Lipinski definition) is 1. The van der Waals surface area contributed by atoms with Gasteiger partial charge in [-0.3, -0.25) is 5.10 Å². The van der Waals surface area contributed by atoms with Crippen LogP contribution in [0.15, 0.2) is 53.7 Å². The normalized spacial score (nSPS) is 10.8. The molecule has 4 nitrogen and oxygen atoms in total. The Morgan fingerprint density at radius 3 is 2.54 bits per heavy atom. The monoisotopic (exact) mass is 359 g/mol. The van der Waals surface area contributed by atoms with Gasteiger partial charge in [0.05, 0.1) is 6.61 Å². The molecule has 1 aromatic heterocycles. The van der Waals surface area contributed by atoms with Gasteiger partial charge in [0.1, 0.15) is 5.75 Å². The van der Waals surface area contributed by atoms with Gasteiger partial charge in [-0.1, -0.05) is 54.6 Å². The summed E-state index contributed by atoms with van der Waals surface area (Å²) in [5, 5.41) is 8.66. The number of H-pyrrole nitrogens is 1. The summed E-state index contributed by atoms with van der Waals surface area (Å²) in [6, 6.07) is 15.7. The summed E-state index contributed by atoms with van der Waals surface area (Å²) in [7, 11) is 0. The lowest BCUT2D eigenvalue weighted by Crippen LogP contribution is -2.00. The van der Waals surface area contributed by atoms with E-state index in [1.165, 1.54) is 5.56 Å². The molecule has 124 valence electrons. The minimum atomic E-state index is 0.585. The van der Waals surface area contributed by atoms with Crippen LogP contribution < -0.4 is 4.74 Å². The summed E-state index contributed by atoms with van der Waals surface area (Å²) in [5.41, 5.74) is 2.36. The van der Waals surface area contributed by atoms with Crippen molar-refractivity contribution in [3.8, 4) is 17.1 Å². The van der Waals surface area contributed by atoms with Crippen molar-refractivity contribution in [3.63, 3.8) is 0 Å². The third kappa shape index (κ3) is 4.52. The molecule has 0 unspecified atom stereocenters. The molecule has 0 spiro atoms. The Morgan fingerprint density at radius 2 is 1.83 bits per heavy atom. The molecule has 0 saturated carbocycles. The third-order valence-electron chi connectivity index (χ3n) is 3.50. The largest absolute Gasteiger partial charge is 0.493 e. The average molecular weight is 360 g/mol. The number of nitrogens with one attached hydrogen (secondary N) is 1. The zero-order valence-electron chi connectivity index (χ0n) is 13.3. The molecule has 3 aromatic rings. The molecule has 0 aliphatic rings. The van der Waals surface area contributed by atoms with Crippen LogP contribution in [0.5, 0.6) is 5.75 Å². The second-order valence-corrected chi connectivity index (χ2v) is 6.67. The SMILES string of the molecule is CCc1ccc(-c2nc(SCCOc3ccc(Cl)cc3)n[nH]2)cc1. The van der Waals surface area contributed by atoms with E-state index in [0.717, 1.165) is 34.5 Å². The van der Waals surface area contributed by atoms with Crippen molar-refractivity contribution >= 4 is 23.4 Å². The van der Waals surface area contributed by atoms with Gasteiger partial charge in [0.15, 0.2) is 5.82 Å². The molecule has 24 heavy (non-hydrogen) atoms. The minimum absolute atomic E-state index is 0.585. The Morgan fingerprint density at radius 1 is 1.08 bits per heavy atom. The number of aromatic nitrogens is 3. The third-order valence-corrected chi connectivity index (χ3v) is 4.56. The van der Waals surface area contributed by atoms with E-state index in [4.69, 9.17) is 16.3 Å². The van der Waals surface area contributed by atoms with Crippen molar-refractivity contribution < 1.29 is 4.74 Å². The van der Waals surface area contributed by atoms with E-state index in [9.17, 15) is 0 Å². The lowest BCUT2D eigenvalue weighted by Gasteiger charge is -2.04. The molecule has 0 aliphatic carbocycles. The van der Waals surface area contributed by atoms with Crippen LogP contribution in [0.3, 0.4) is 0 Å². The highest BCUT2D eigenvalue weighted by molar-refractivity contribution is 7.99. The number of benzene rings is 2. The van der Waals surface area contributed by atoms with Crippen LogP contribution in [0.25, 0.3) is 11.4 Å². The Kier molecular flexibility index (Phi) is 5.77. The maximum absolute atomic E-state index is 5.84. The summed E-state index contributed by atoms with van der Waals surface area (Å²) in [6.07, 6.45) is 1.03. The minimum Gasteiger partial charge on any atom is -0.493 e. The van der Waals surface area contributed by atoms with Crippen molar-refractivity contribution in [3.05, 3.63) is 59.1 Å². The van der Waals surface area contributed by atoms with Gasteiger partial charge in [0.2, 0.25) is 5.16 Å². The molecule has 0 fully saturated rings. The zero-order chi connectivity index (χ0) is 16.8. The van der Waals surface area contributed by atoms with Crippen LogP contribution >= 0.6 is 23.4 Å². The first-order valence-corrected chi connectivity index (χ1v) is 9.14. The second-order valence-electron chi connectivity index (χ2n) is 5.17. The number of ether oxygens (including phenoxy) is 1. The standard InChI is InChI=1S/C18H18ClN3OS/c1-2-13-3-5-14(6-4-13)17-20-18(22-21-17)24-12-11-23-16-9-7-15(19)8-10-16/h3-10H,2,11-12H2,1H3,(H,20,21,22). The zero-order valence-corrected chi connectivity index (χ0v) is 14.9. The molecule has 0 atom stereocenters. The summed E-state index contributed by atoms with van der Waals surface area (Å²) in [6.45, 7) is 2.73. The van der Waals surface area contributed by atoms with Crippen LogP contribution in [0.2, 0.25) is 5.02 Å². The van der Waals surface area contributed by atoms with Crippen molar-refractivity contribution in [1.82, 2.24) is 15.2 Å². The number of nitrogens with zero attached hydrogens (tertiary/aromatic N) is 2. The van der Waals surface area contributed by atoms with Crippen LogP contribution in [0.1, 0.15) is 12.5 Å². The fourth-order valence-electron chi connectivity index (χ4n) is 2.16. The Hall–Kier alpha value is -1.98. The number of aromatic amines is 1. The summed E-state index contributed by atoms with van der Waals surface area (Å²) < 4.78 is 5.65. The van der Waals surface area contributed by atoms with Crippen LogP contribution in [-0.2, 0) is 6.42 Å². The van der Waals surface area contributed by atoms with Gasteiger partial charge in [-0.25, -0.2) is 4.98 Å². The molecule has 1 heterocycles. The maximum Gasteiger partial charge on any atom is 0.208 e. The highest BCUT2D eigenvalue weighted by Gasteiger charge is 2.06. The molecular formula is C18H18ClN3OS. The predicted octanol–water partition coefficient (Wildman–Crippen LogP) is 4.86. The molecule has 0 saturated heterocycles. The lowest BCUT2D eigenvalue weighted by molar-refractivity contribution is 0.344. The van der Waals surface area contributed by atoms with Gasteiger partial charge >= 0.3 is 0 Å². The van der Waals surface area contributed by atoms with E-state index >= 15 is 0 Å². The highest BCUT2D eigenvalue weighted by Crippen LogP contribution is 2.20. The number of thioether (sulfide) groups is 1. The topological polar surface area (TPSA) is 50.8 Å². The predicted molar refractivity (Wildman–Crippen MR) is 98.9 cm³/mol. The van der Waals surface area contributed by atoms with Crippen molar-refractivity contribution in [2.75, 3.05) is 12.4 Å². The smallest absolute Gasteiger partial charge is 0.208 e. The Balaban J connectivity index is 1.49. The summed E-state index contributed by atoms with van der Waals surface area (Å²) in [4.78, 5) is 4.52. The first-order chi connectivity index (χ1) is 11.7. The fourth-order valence-corrected chi connectivity index (χ4v) is 2.90. The second kappa shape index (κ2) is 8.22. The van der Waals surface area contributed by atoms with Gasteiger partial charge < -0.3 is 4.74 Å². The van der Waals surface area contributed by atoms with Crippen molar-refractivity contribution in [2.24, 2.45) is 0 Å². The molecule has 0 amide bonds. The maximum atomic E-state index is 5.84. The van der Waals surface area contributed by atoms with E-state index in [1.54, 1.807) is 11.8 Å². The van der Waals surface area contributed by atoms with Crippen molar-refractivity contribution in [1.29, 1.82) is 0 Å². The van der Waals surface area contributed by atoms with E-state index in [1.807, 2.05) is 24.3 Å². The van der Waals surface area contributed by atoms with E-state index in [0.29, 0.717) is 11.6 Å². The molecule has 6 heteroatoms. The quantitative estimate of drug-likeness (QED) is 0.483. The molecule has 0 aliphatic heterocycles. The first kappa shape index (κ1) is 16.9. The number of rotatable bonds is 7. The number of halogens is 1. The summed E-state index contributed by atoms with van der Waals surface area (Å²) >= 11 is 7.40. The highest BCUT2D eigenvalue weighted by atomic mass is 35.5. The van der Waals surface area contributed by atoms with E-state index in [-0.39, 0.29) is 0 Å². The number of aryl methyl sites for hydroxylation is 1. The van der Waals surface area contributed by atoms with Gasteiger partial charge in [0, 0.05) is 16.3 Å².